The molecule has 0 unspecified atom stereocenters. The van der Waals surface area contributed by atoms with Crippen LogP contribution in [0.2, 0.25) is 0 Å². The van der Waals surface area contributed by atoms with Crippen molar-refractivity contribution in [1.82, 2.24) is 9.78 Å². The average molecular weight is 486 g/mol. The summed E-state index contributed by atoms with van der Waals surface area (Å²) in [6.45, 7) is 10.8. The predicted molar refractivity (Wildman–Crippen MR) is 147 cm³/mol. The van der Waals surface area contributed by atoms with Crippen LogP contribution in [0.25, 0.3) is 10.1 Å². The lowest BCUT2D eigenvalue weighted by atomic mass is 9.71. The third-order valence-corrected chi connectivity index (χ3v) is 9.00. The van der Waals surface area contributed by atoms with Crippen molar-refractivity contribution in [2.45, 2.75) is 77.3 Å². The molecule has 1 aliphatic rings. The normalized spacial score (nSPS) is 17.2. The predicted octanol–water partition coefficient (Wildman–Crippen LogP) is 8.03. The number of rotatable bonds is 7. The summed E-state index contributed by atoms with van der Waals surface area (Å²) in [5.41, 5.74) is 3.73. The Morgan fingerprint density at radius 2 is 1.80 bits per heavy atom. The van der Waals surface area contributed by atoms with Crippen molar-refractivity contribution in [3.05, 3.63) is 82.4 Å². The number of hydrogen-bond donors (Lipinski definition) is 1. The lowest BCUT2D eigenvalue weighted by Crippen LogP contribution is -2.38. The van der Waals surface area contributed by atoms with E-state index < -0.39 is 0 Å². The SMILES string of the molecule is CCC(CC)(CC(=O)c1c(C)nn2c1N[C@@H](c1ccccc1)CC2(C)C)c1csc2ccccc12. The van der Waals surface area contributed by atoms with Crippen molar-refractivity contribution >= 4 is 33.0 Å². The number of Topliss-reactive ketones (excluding diaryl/α,β-unsaturated/α-hetero) is 1. The molecule has 4 nitrogen and oxygen atoms in total. The first kappa shape index (κ1) is 23.8. The molecule has 1 aliphatic heterocycles. The van der Waals surface area contributed by atoms with Crippen molar-refractivity contribution < 1.29 is 4.79 Å². The molecule has 0 saturated heterocycles. The summed E-state index contributed by atoms with van der Waals surface area (Å²) >= 11 is 1.78. The maximum atomic E-state index is 14.1. The molecule has 2 aromatic carbocycles. The van der Waals surface area contributed by atoms with Crippen LogP contribution in [0.15, 0.2) is 60.0 Å². The smallest absolute Gasteiger partial charge is 0.169 e. The van der Waals surface area contributed by atoms with Crippen molar-refractivity contribution in [2.75, 3.05) is 5.32 Å². The highest BCUT2D eigenvalue weighted by Gasteiger charge is 2.40. The van der Waals surface area contributed by atoms with Gasteiger partial charge in [-0.1, -0.05) is 62.4 Å². The second-order valence-electron chi connectivity index (χ2n) is 10.6. The van der Waals surface area contributed by atoms with Crippen LogP contribution in [-0.2, 0) is 11.0 Å². The first-order valence-electron chi connectivity index (χ1n) is 12.7. The van der Waals surface area contributed by atoms with Crippen LogP contribution >= 0.6 is 11.3 Å². The molecule has 5 rings (SSSR count). The molecule has 35 heavy (non-hydrogen) atoms. The molecule has 1 N–H and O–H groups in total. The zero-order valence-corrected chi connectivity index (χ0v) is 22.2. The number of hydrogen-bond acceptors (Lipinski definition) is 4. The summed E-state index contributed by atoms with van der Waals surface area (Å²) < 4.78 is 3.34. The Labute approximate surface area is 212 Å². The Morgan fingerprint density at radius 1 is 1.11 bits per heavy atom. The monoisotopic (exact) mass is 485 g/mol. The van der Waals surface area contributed by atoms with Gasteiger partial charge in [0, 0.05) is 16.5 Å². The zero-order valence-electron chi connectivity index (χ0n) is 21.4. The summed E-state index contributed by atoms with van der Waals surface area (Å²) in [6, 6.07) is 19.2. The van der Waals surface area contributed by atoms with Gasteiger partial charge < -0.3 is 5.32 Å². The molecule has 0 amide bonds. The van der Waals surface area contributed by atoms with E-state index in [9.17, 15) is 4.79 Å². The summed E-state index contributed by atoms with van der Waals surface area (Å²) in [5.74, 6) is 1.05. The number of fused-ring (bicyclic) bond motifs is 2. The van der Waals surface area contributed by atoms with Crippen LogP contribution in [0.1, 0.15) is 86.6 Å². The average Bonchev–Trinajstić information content (AvgIpc) is 3.44. The van der Waals surface area contributed by atoms with Crippen molar-refractivity contribution in [3.63, 3.8) is 0 Å². The Morgan fingerprint density at radius 3 is 2.51 bits per heavy atom. The van der Waals surface area contributed by atoms with E-state index in [0.29, 0.717) is 6.42 Å². The first-order chi connectivity index (χ1) is 16.8. The van der Waals surface area contributed by atoms with Gasteiger partial charge in [0.2, 0.25) is 0 Å². The molecule has 5 heteroatoms. The topological polar surface area (TPSA) is 46.9 Å². The molecule has 182 valence electrons. The van der Waals surface area contributed by atoms with Crippen molar-refractivity contribution in [1.29, 1.82) is 0 Å². The minimum Gasteiger partial charge on any atom is -0.363 e. The fourth-order valence-corrected chi connectivity index (χ4v) is 6.97. The highest BCUT2D eigenvalue weighted by atomic mass is 32.1. The molecule has 0 bridgehead atoms. The molecule has 1 atom stereocenters. The molecule has 4 aromatic rings. The Kier molecular flexibility index (Phi) is 6.08. The molecule has 2 aromatic heterocycles. The maximum Gasteiger partial charge on any atom is 0.169 e. The van der Waals surface area contributed by atoms with Crippen LogP contribution in [0, 0.1) is 6.92 Å². The second-order valence-corrected chi connectivity index (χ2v) is 11.5. The number of aryl methyl sites for hydroxylation is 1. The number of nitrogens with one attached hydrogen (secondary N) is 1. The molecule has 0 radical (unpaired) electrons. The van der Waals surface area contributed by atoms with Crippen LogP contribution in [-0.4, -0.2) is 15.6 Å². The van der Waals surface area contributed by atoms with Crippen LogP contribution < -0.4 is 5.32 Å². The van der Waals surface area contributed by atoms with Gasteiger partial charge in [-0.15, -0.1) is 11.3 Å². The number of carbonyl (C=O) groups excluding carboxylic acids is 1. The van der Waals surface area contributed by atoms with Gasteiger partial charge >= 0.3 is 0 Å². The van der Waals surface area contributed by atoms with E-state index in [0.717, 1.165) is 36.3 Å². The van der Waals surface area contributed by atoms with Crippen LogP contribution in [0.3, 0.4) is 0 Å². The highest BCUT2D eigenvalue weighted by molar-refractivity contribution is 7.17. The molecule has 0 spiro atoms. The van der Waals surface area contributed by atoms with E-state index in [1.165, 1.54) is 21.2 Å². The number of anilines is 1. The third-order valence-electron chi connectivity index (χ3n) is 8.03. The fourth-order valence-electron chi connectivity index (χ4n) is 5.88. The van der Waals surface area contributed by atoms with E-state index in [1.54, 1.807) is 11.3 Å². The lowest BCUT2D eigenvalue weighted by molar-refractivity contribution is 0.0944. The lowest BCUT2D eigenvalue weighted by Gasteiger charge is -2.38. The van der Waals surface area contributed by atoms with Gasteiger partial charge in [-0.25, -0.2) is 4.68 Å². The van der Waals surface area contributed by atoms with E-state index >= 15 is 0 Å². The molecular formula is C30H35N3OS. The van der Waals surface area contributed by atoms with Crippen molar-refractivity contribution in [3.8, 4) is 0 Å². The van der Waals surface area contributed by atoms with Gasteiger partial charge in [-0.2, -0.15) is 5.10 Å². The molecule has 3 heterocycles. The number of nitrogens with zero attached hydrogens (tertiary/aromatic N) is 2. The minimum atomic E-state index is -0.194. The summed E-state index contributed by atoms with van der Waals surface area (Å²) in [5, 5.41) is 12.1. The van der Waals surface area contributed by atoms with E-state index in [2.05, 4.69) is 91.6 Å². The summed E-state index contributed by atoms with van der Waals surface area (Å²) in [7, 11) is 0. The van der Waals surface area contributed by atoms with Gasteiger partial charge in [0.1, 0.15) is 5.82 Å². The number of ketones is 1. The maximum absolute atomic E-state index is 14.1. The molecular weight excluding hydrogens is 450 g/mol. The summed E-state index contributed by atoms with van der Waals surface area (Å²) in [4.78, 5) is 14.1. The third kappa shape index (κ3) is 4.00. The van der Waals surface area contributed by atoms with Gasteiger partial charge in [-0.3, -0.25) is 4.79 Å². The number of benzene rings is 2. The van der Waals surface area contributed by atoms with Gasteiger partial charge in [-0.05, 0) is 68.0 Å². The van der Waals surface area contributed by atoms with Gasteiger partial charge in [0.25, 0.3) is 0 Å². The zero-order chi connectivity index (χ0) is 24.8. The molecule has 0 saturated carbocycles. The minimum absolute atomic E-state index is 0.143. The highest BCUT2D eigenvalue weighted by Crippen LogP contribution is 2.45. The van der Waals surface area contributed by atoms with E-state index in [-0.39, 0.29) is 22.8 Å². The first-order valence-corrected chi connectivity index (χ1v) is 13.6. The molecule has 0 fully saturated rings. The van der Waals surface area contributed by atoms with Crippen molar-refractivity contribution in [2.24, 2.45) is 0 Å². The number of carbonyl (C=O) groups is 1. The Hall–Kier alpha value is -2.92. The van der Waals surface area contributed by atoms with E-state index in [4.69, 9.17) is 5.10 Å². The second kappa shape index (κ2) is 8.94. The molecule has 0 aliphatic carbocycles. The van der Waals surface area contributed by atoms with Gasteiger partial charge in [0.05, 0.1) is 22.8 Å². The Balaban J connectivity index is 1.55. The van der Waals surface area contributed by atoms with Crippen LogP contribution in [0.4, 0.5) is 5.82 Å². The Bertz CT molecular complexity index is 1360. The standard InChI is InChI=1S/C30H35N3OS/c1-6-30(7-2,23-19-35-26-16-12-11-15-22(23)26)18-25(34)27-20(3)32-33-28(27)31-24(17-29(33,4)5)21-13-9-8-10-14-21/h8-16,19,24,31H,6-7,17-18H2,1-5H3/t24-/m1/s1. The fraction of sp³-hybridized carbons (Fsp3) is 0.400. The largest absolute Gasteiger partial charge is 0.363 e. The van der Waals surface area contributed by atoms with Crippen LogP contribution in [0.5, 0.6) is 0 Å². The summed E-state index contributed by atoms with van der Waals surface area (Å²) in [6.07, 6.45) is 3.24. The number of aromatic nitrogens is 2. The quantitative estimate of drug-likeness (QED) is 0.270. The van der Waals surface area contributed by atoms with Gasteiger partial charge in [0.15, 0.2) is 5.78 Å². The number of thiophene rings is 1. The van der Waals surface area contributed by atoms with E-state index in [1.807, 2.05) is 13.0 Å².